The van der Waals surface area contributed by atoms with Gasteiger partial charge >= 0.3 is 0 Å². The monoisotopic (exact) mass is 113 g/mol. The number of nitrogens with one attached hydrogen (secondary N) is 1. The van der Waals surface area contributed by atoms with Crippen molar-refractivity contribution in [1.82, 2.24) is 5.32 Å². The topological polar surface area (TPSA) is 38.3 Å². The van der Waals surface area contributed by atoms with Crippen molar-refractivity contribution in [2.24, 2.45) is 0 Å². The number of hydrogen-bond acceptors (Lipinski definition) is 2. The lowest BCUT2D eigenvalue weighted by atomic mass is 10.4. The zero-order chi connectivity index (χ0) is 5.82. The molecule has 0 atom stereocenters. The van der Waals surface area contributed by atoms with Gasteiger partial charge in [-0.1, -0.05) is 0 Å². The van der Waals surface area contributed by atoms with Gasteiger partial charge in [0.2, 0.25) is 5.91 Å². The van der Waals surface area contributed by atoms with Crippen molar-refractivity contribution in [3.05, 3.63) is 12.5 Å². The molecule has 0 aromatic rings. The average Bonchev–Trinajstić information content (AvgIpc) is 1.94. The Morgan fingerprint density at radius 3 is 3.50 bits per heavy atom. The van der Waals surface area contributed by atoms with Gasteiger partial charge in [0, 0.05) is 6.20 Å². The molecule has 1 amide bonds. The van der Waals surface area contributed by atoms with E-state index < -0.39 is 0 Å². The second-order valence-electron chi connectivity index (χ2n) is 1.49. The van der Waals surface area contributed by atoms with Crippen LogP contribution in [-0.4, -0.2) is 12.5 Å². The van der Waals surface area contributed by atoms with Crippen LogP contribution in [0.2, 0.25) is 0 Å². The first-order valence-corrected chi connectivity index (χ1v) is 2.45. The van der Waals surface area contributed by atoms with Gasteiger partial charge in [-0.15, -0.1) is 0 Å². The first-order chi connectivity index (χ1) is 3.89. The molecule has 1 N–H and O–H groups in total. The number of carbonyl (C=O) groups is 1. The van der Waals surface area contributed by atoms with Crippen molar-refractivity contribution in [2.45, 2.75) is 6.42 Å². The molecule has 44 valence electrons. The van der Waals surface area contributed by atoms with Crippen molar-refractivity contribution < 1.29 is 9.53 Å². The van der Waals surface area contributed by atoms with Crippen LogP contribution in [0.4, 0.5) is 0 Å². The second-order valence-corrected chi connectivity index (χ2v) is 1.49. The van der Waals surface area contributed by atoms with Gasteiger partial charge in [0.25, 0.3) is 0 Å². The minimum absolute atomic E-state index is 0.0127. The third-order valence-corrected chi connectivity index (χ3v) is 0.856. The number of ether oxygens (including phenoxy) is 1. The average molecular weight is 113 g/mol. The lowest BCUT2D eigenvalue weighted by Crippen LogP contribution is -2.15. The highest BCUT2D eigenvalue weighted by atomic mass is 16.5. The van der Waals surface area contributed by atoms with Crippen LogP contribution in [0.5, 0.6) is 0 Å². The van der Waals surface area contributed by atoms with Crippen LogP contribution in [0.1, 0.15) is 6.42 Å². The van der Waals surface area contributed by atoms with E-state index in [2.05, 4.69) is 5.32 Å². The van der Waals surface area contributed by atoms with Gasteiger partial charge in [-0.25, -0.2) is 0 Å². The fraction of sp³-hybridized carbons (Fsp3) is 0.400. The van der Waals surface area contributed by atoms with Gasteiger partial charge in [-0.3, -0.25) is 4.79 Å². The lowest BCUT2D eigenvalue weighted by Gasteiger charge is -1.91. The summed E-state index contributed by atoms with van der Waals surface area (Å²) in [6, 6.07) is 0. The molecule has 0 fully saturated rings. The highest BCUT2D eigenvalue weighted by Crippen LogP contribution is 1.87. The van der Waals surface area contributed by atoms with Crippen LogP contribution >= 0.6 is 0 Å². The maximum Gasteiger partial charge on any atom is 0.227 e. The third-order valence-electron chi connectivity index (χ3n) is 0.856. The summed E-state index contributed by atoms with van der Waals surface area (Å²) >= 11 is 0. The van der Waals surface area contributed by atoms with Gasteiger partial charge in [0.15, 0.2) is 0 Å². The molecule has 0 aliphatic carbocycles. The summed E-state index contributed by atoms with van der Waals surface area (Å²) in [5.74, 6) is 0.0127. The molecule has 0 saturated heterocycles. The van der Waals surface area contributed by atoms with E-state index in [0.717, 1.165) is 0 Å². The SMILES string of the molecule is O=C1CCOC=CN1. The van der Waals surface area contributed by atoms with E-state index in [0.29, 0.717) is 13.0 Å². The molecule has 0 saturated carbocycles. The quantitative estimate of drug-likeness (QED) is 0.480. The molecule has 8 heavy (non-hydrogen) atoms. The van der Waals surface area contributed by atoms with E-state index in [4.69, 9.17) is 4.74 Å². The Kier molecular flexibility index (Phi) is 1.51. The zero-order valence-electron chi connectivity index (χ0n) is 4.39. The number of carbonyl (C=O) groups excluding carboxylic acids is 1. The Balaban J connectivity index is 2.41. The molecule has 0 aromatic heterocycles. The Bertz CT molecular complexity index is 120. The molecule has 0 spiro atoms. The minimum atomic E-state index is 0.0127. The van der Waals surface area contributed by atoms with Crippen LogP contribution in [0.3, 0.4) is 0 Å². The van der Waals surface area contributed by atoms with Gasteiger partial charge in [0.1, 0.15) is 0 Å². The third kappa shape index (κ3) is 1.26. The van der Waals surface area contributed by atoms with Crippen LogP contribution in [0.15, 0.2) is 12.5 Å². The largest absolute Gasteiger partial charge is 0.499 e. The number of rotatable bonds is 0. The molecule has 0 aromatic carbocycles. The molecule has 1 aliphatic heterocycles. The van der Waals surface area contributed by atoms with E-state index in [9.17, 15) is 4.79 Å². The number of hydrogen-bond donors (Lipinski definition) is 1. The molecular weight excluding hydrogens is 106 g/mol. The smallest absolute Gasteiger partial charge is 0.227 e. The summed E-state index contributed by atoms with van der Waals surface area (Å²) in [7, 11) is 0. The van der Waals surface area contributed by atoms with E-state index in [1.165, 1.54) is 12.5 Å². The Morgan fingerprint density at radius 1 is 1.75 bits per heavy atom. The normalized spacial score (nSPS) is 18.8. The highest BCUT2D eigenvalue weighted by molar-refractivity contribution is 5.77. The predicted octanol–water partition coefficient (Wildman–Crippen LogP) is -0.00590. The predicted molar refractivity (Wildman–Crippen MR) is 27.9 cm³/mol. The van der Waals surface area contributed by atoms with Crippen LogP contribution < -0.4 is 5.32 Å². The lowest BCUT2D eigenvalue weighted by molar-refractivity contribution is -0.120. The molecule has 3 heteroatoms. The minimum Gasteiger partial charge on any atom is -0.499 e. The standard InChI is InChI=1S/C5H7NO2/c7-5-1-3-8-4-2-6-5/h2,4H,1,3H2,(H,6,7). The summed E-state index contributed by atoms with van der Waals surface area (Å²) in [6.07, 6.45) is 3.42. The fourth-order valence-corrected chi connectivity index (χ4v) is 0.467. The maximum atomic E-state index is 10.4. The zero-order valence-corrected chi connectivity index (χ0v) is 4.39. The molecule has 0 bridgehead atoms. The molecule has 1 aliphatic rings. The van der Waals surface area contributed by atoms with Gasteiger partial charge in [0.05, 0.1) is 19.3 Å². The molecule has 0 unspecified atom stereocenters. The Labute approximate surface area is 47.3 Å². The van der Waals surface area contributed by atoms with Crippen molar-refractivity contribution in [2.75, 3.05) is 6.61 Å². The van der Waals surface area contributed by atoms with Crippen molar-refractivity contribution in [3.63, 3.8) is 0 Å². The van der Waals surface area contributed by atoms with Crippen molar-refractivity contribution in [1.29, 1.82) is 0 Å². The van der Waals surface area contributed by atoms with E-state index in [-0.39, 0.29) is 5.91 Å². The molecule has 1 heterocycles. The van der Waals surface area contributed by atoms with Gasteiger partial charge in [-0.05, 0) is 0 Å². The summed E-state index contributed by atoms with van der Waals surface area (Å²) in [4.78, 5) is 10.4. The molecule has 3 nitrogen and oxygen atoms in total. The maximum absolute atomic E-state index is 10.4. The highest BCUT2D eigenvalue weighted by Gasteiger charge is 1.99. The summed E-state index contributed by atoms with van der Waals surface area (Å²) < 4.78 is 4.80. The van der Waals surface area contributed by atoms with E-state index in [1.807, 2.05) is 0 Å². The Morgan fingerprint density at radius 2 is 2.62 bits per heavy atom. The summed E-state index contributed by atoms with van der Waals surface area (Å²) in [5, 5.41) is 2.50. The molecule has 0 radical (unpaired) electrons. The van der Waals surface area contributed by atoms with Crippen LogP contribution in [0.25, 0.3) is 0 Å². The van der Waals surface area contributed by atoms with E-state index >= 15 is 0 Å². The number of amides is 1. The van der Waals surface area contributed by atoms with Gasteiger partial charge < -0.3 is 10.1 Å². The van der Waals surface area contributed by atoms with Crippen LogP contribution in [-0.2, 0) is 9.53 Å². The first-order valence-electron chi connectivity index (χ1n) is 2.45. The molecular formula is C5H7NO2. The van der Waals surface area contributed by atoms with E-state index in [1.54, 1.807) is 0 Å². The summed E-state index contributed by atoms with van der Waals surface area (Å²) in [6.45, 7) is 0.488. The van der Waals surface area contributed by atoms with Crippen molar-refractivity contribution >= 4 is 5.91 Å². The molecule has 1 rings (SSSR count). The van der Waals surface area contributed by atoms with Crippen LogP contribution in [0, 0.1) is 0 Å². The summed E-state index contributed by atoms with van der Waals surface area (Å²) in [5.41, 5.74) is 0. The van der Waals surface area contributed by atoms with Gasteiger partial charge in [-0.2, -0.15) is 0 Å². The second kappa shape index (κ2) is 2.35. The Hall–Kier alpha value is -0.990. The fourth-order valence-electron chi connectivity index (χ4n) is 0.467. The van der Waals surface area contributed by atoms with Crippen molar-refractivity contribution in [3.8, 4) is 0 Å². The first kappa shape index (κ1) is 5.15.